The molecule has 3 heteroatoms. The highest BCUT2D eigenvalue weighted by molar-refractivity contribution is 5.28. The van der Waals surface area contributed by atoms with Gasteiger partial charge < -0.3 is 14.8 Å². The third-order valence-corrected chi connectivity index (χ3v) is 3.29. The summed E-state index contributed by atoms with van der Waals surface area (Å²) in [7, 11) is 1.69. The van der Waals surface area contributed by atoms with E-state index in [9.17, 15) is 0 Å². The third-order valence-electron chi connectivity index (χ3n) is 3.29. The Morgan fingerprint density at radius 3 is 2.42 bits per heavy atom. The number of ether oxygens (including phenoxy) is 2. The van der Waals surface area contributed by atoms with Crippen molar-refractivity contribution in [2.75, 3.05) is 20.3 Å². The van der Waals surface area contributed by atoms with Gasteiger partial charge in [0.05, 0.1) is 13.2 Å². The summed E-state index contributed by atoms with van der Waals surface area (Å²) in [6.07, 6.45) is 2.74. The van der Waals surface area contributed by atoms with Crippen LogP contribution >= 0.6 is 0 Å². The monoisotopic (exact) mass is 263 g/mol. The van der Waals surface area contributed by atoms with Crippen LogP contribution in [-0.2, 0) is 4.74 Å². The van der Waals surface area contributed by atoms with Gasteiger partial charge in [0.15, 0.2) is 0 Å². The molecule has 2 rings (SSSR count). The van der Waals surface area contributed by atoms with E-state index in [2.05, 4.69) is 31.3 Å². The lowest BCUT2D eigenvalue weighted by atomic mass is 10.1. The van der Waals surface area contributed by atoms with Gasteiger partial charge in [0.1, 0.15) is 5.75 Å². The van der Waals surface area contributed by atoms with Gasteiger partial charge in [-0.2, -0.15) is 0 Å². The molecule has 1 aromatic carbocycles. The Balaban J connectivity index is 1.95. The molecule has 1 saturated carbocycles. The van der Waals surface area contributed by atoms with E-state index in [-0.39, 0.29) is 6.10 Å². The molecule has 19 heavy (non-hydrogen) atoms. The van der Waals surface area contributed by atoms with Crippen LogP contribution in [0.4, 0.5) is 0 Å². The first-order valence-electron chi connectivity index (χ1n) is 7.18. The Kier molecular flexibility index (Phi) is 5.23. The first-order valence-corrected chi connectivity index (χ1v) is 7.18. The van der Waals surface area contributed by atoms with Crippen molar-refractivity contribution >= 4 is 0 Å². The lowest BCUT2D eigenvalue weighted by Gasteiger charge is -2.20. The fourth-order valence-electron chi connectivity index (χ4n) is 1.96. The Bertz CT molecular complexity index is 365. The molecule has 0 bridgehead atoms. The van der Waals surface area contributed by atoms with Gasteiger partial charge in [-0.1, -0.05) is 26.0 Å². The van der Waals surface area contributed by atoms with Gasteiger partial charge in [0.25, 0.3) is 0 Å². The third kappa shape index (κ3) is 4.84. The van der Waals surface area contributed by atoms with Crippen molar-refractivity contribution in [3.8, 4) is 5.75 Å². The Labute approximate surface area is 116 Å². The van der Waals surface area contributed by atoms with Crippen molar-refractivity contribution in [1.82, 2.24) is 5.32 Å². The average molecular weight is 263 g/mol. The van der Waals surface area contributed by atoms with Gasteiger partial charge in [-0.3, -0.25) is 0 Å². The molecule has 0 radical (unpaired) electrons. The Hall–Kier alpha value is -1.06. The molecule has 1 fully saturated rings. The summed E-state index contributed by atoms with van der Waals surface area (Å²) in [6.45, 7) is 6.05. The summed E-state index contributed by atoms with van der Waals surface area (Å²) in [6, 6.07) is 8.90. The molecule has 1 N–H and O–H groups in total. The first-order chi connectivity index (χ1) is 9.19. The fraction of sp³-hybridized carbons (Fsp3) is 0.625. The van der Waals surface area contributed by atoms with Crippen LogP contribution in [0.15, 0.2) is 24.3 Å². The Morgan fingerprint density at radius 1 is 1.21 bits per heavy atom. The number of hydrogen-bond acceptors (Lipinski definition) is 3. The summed E-state index contributed by atoms with van der Waals surface area (Å²) < 4.78 is 11.2. The zero-order valence-electron chi connectivity index (χ0n) is 12.2. The van der Waals surface area contributed by atoms with E-state index in [0.717, 1.165) is 18.9 Å². The smallest absolute Gasteiger partial charge is 0.118 e. The summed E-state index contributed by atoms with van der Waals surface area (Å²) in [5, 5.41) is 3.55. The highest BCUT2D eigenvalue weighted by atomic mass is 16.5. The van der Waals surface area contributed by atoms with E-state index in [1.54, 1.807) is 7.11 Å². The molecule has 1 atom stereocenters. The average Bonchev–Trinajstić information content (AvgIpc) is 3.23. The molecule has 1 aliphatic rings. The van der Waals surface area contributed by atoms with Gasteiger partial charge in [0, 0.05) is 19.2 Å². The molecule has 0 amide bonds. The minimum absolute atomic E-state index is 0.133. The fourth-order valence-corrected chi connectivity index (χ4v) is 1.96. The number of nitrogens with one attached hydrogen (secondary N) is 1. The van der Waals surface area contributed by atoms with Crippen LogP contribution in [0.2, 0.25) is 0 Å². The SMILES string of the molecule is COc1ccc(C(CNC2CC2)OCC(C)C)cc1. The van der Waals surface area contributed by atoms with E-state index >= 15 is 0 Å². The molecular weight excluding hydrogens is 238 g/mol. The molecule has 1 unspecified atom stereocenters. The summed E-state index contributed by atoms with van der Waals surface area (Å²) >= 11 is 0. The van der Waals surface area contributed by atoms with Gasteiger partial charge in [-0.15, -0.1) is 0 Å². The molecule has 0 aromatic heterocycles. The van der Waals surface area contributed by atoms with Gasteiger partial charge in [0.2, 0.25) is 0 Å². The van der Waals surface area contributed by atoms with Crippen molar-refractivity contribution in [3.63, 3.8) is 0 Å². The topological polar surface area (TPSA) is 30.5 Å². The molecule has 1 aliphatic carbocycles. The lowest BCUT2D eigenvalue weighted by molar-refractivity contribution is 0.0349. The molecule has 0 saturated heterocycles. The van der Waals surface area contributed by atoms with Gasteiger partial charge in [-0.05, 0) is 36.5 Å². The second-order valence-corrected chi connectivity index (χ2v) is 5.67. The summed E-state index contributed by atoms with van der Waals surface area (Å²) in [5.41, 5.74) is 1.22. The van der Waals surface area contributed by atoms with Gasteiger partial charge >= 0.3 is 0 Å². The van der Waals surface area contributed by atoms with Crippen molar-refractivity contribution in [2.24, 2.45) is 5.92 Å². The second kappa shape index (κ2) is 6.92. The minimum atomic E-state index is 0.133. The van der Waals surface area contributed by atoms with Crippen molar-refractivity contribution < 1.29 is 9.47 Å². The lowest BCUT2D eigenvalue weighted by Crippen LogP contribution is -2.26. The maximum atomic E-state index is 6.04. The molecule has 1 aromatic rings. The number of benzene rings is 1. The van der Waals surface area contributed by atoms with E-state index < -0.39 is 0 Å². The predicted octanol–water partition coefficient (Wildman–Crippen LogP) is 3.16. The van der Waals surface area contributed by atoms with Crippen LogP contribution in [0.3, 0.4) is 0 Å². The molecule has 3 nitrogen and oxygen atoms in total. The quantitative estimate of drug-likeness (QED) is 0.781. The molecule has 0 heterocycles. The van der Waals surface area contributed by atoms with Crippen molar-refractivity contribution in [1.29, 1.82) is 0 Å². The summed E-state index contributed by atoms with van der Waals surface area (Å²) in [5.74, 6) is 1.45. The number of methoxy groups -OCH3 is 1. The van der Waals surface area contributed by atoms with E-state index in [4.69, 9.17) is 9.47 Å². The second-order valence-electron chi connectivity index (χ2n) is 5.67. The molecular formula is C16H25NO2. The maximum Gasteiger partial charge on any atom is 0.118 e. The highest BCUT2D eigenvalue weighted by Gasteiger charge is 2.22. The molecule has 0 spiro atoms. The van der Waals surface area contributed by atoms with Gasteiger partial charge in [-0.25, -0.2) is 0 Å². The van der Waals surface area contributed by atoms with Crippen LogP contribution in [0, 0.1) is 5.92 Å². The zero-order valence-corrected chi connectivity index (χ0v) is 12.2. The van der Waals surface area contributed by atoms with Crippen LogP contribution in [0.25, 0.3) is 0 Å². The standard InChI is InChI=1S/C16H25NO2/c1-12(2)11-19-16(10-17-14-6-7-14)13-4-8-15(18-3)9-5-13/h4-5,8-9,12,14,16-17H,6-7,10-11H2,1-3H3. The number of hydrogen-bond donors (Lipinski definition) is 1. The van der Waals surface area contributed by atoms with Crippen molar-refractivity contribution in [2.45, 2.75) is 38.8 Å². The maximum absolute atomic E-state index is 6.04. The van der Waals surface area contributed by atoms with E-state index in [1.807, 2.05) is 12.1 Å². The molecule has 106 valence electrons. The largest absolute Gasteiger partial charge is 0.497 e. The summed E-state index contributed by atoms with van der Waals surface area (Å²) in [4.78, 5) is 0. The van der Waals surface area contributed by atoms with E-state index in [1.165, 1.54) is 18.4 Å². The number of rotatable bonds is 8. The van der Waals surface area contributed by atoms with E-state index in [0.29, 0.717) is 12.0 Å². The van der Waals surface area contributed by atoms with Crippen molar-refractivity contribution in [3.05, 3.63) is 29.8 Å². The molecule has 0 aliphatic heterocycles. The van der Waals surface area contributed by atoms with Crippen LogP contribution in [0.1, 0.15) is 38.4 Å². The van der Waals surface area contributed by atoms with Crippen LogP contribution < -0.4 is 10.1 Å². The Morgan fingerprint density at radius 2 is 1.89 bits per heavy atom. The minimum Gasteiger partial charge on any atom is -0.497 e. The zero-order chi connectivity index (χ0) is 13.7. The van der Waals surface area contributed by atoms with Crippen LogP contribution in [0.5, 0.6) is 5.75 Å². The first kappa shape index (κ1) is 14.4. The highest BCUT2D eigenvalue weighted by Crippen LogP contribution is 2.24. The normalized spacial score (nSPS) is 16.6. The predicted molar refractivity (Wildman–Crippen MR) is 77.5 cm³/mol. The van der Waals surface area contributed by atoms with Crippen LogP contribution in [-0.4, -0.2) is 26.3 Å².